The topological polar surface area (TPSA) is 50.7 Å². The highest BCUT2D eigenvalue weighted by atomic mass is 32.2. The zero-order valence-corrected chi connectivity index (χ0v) is 11.4. The van der Waals surface area contributed by atoms with Gasteiger partial charge in [-0.15, -0.1) is 0 Å². The average Bonchev–Trinajstić information content (AvgIpc) is 2.83. The average molecular weight is 266 g/mol. The molecule has 4 nitrogen and oxygen atoms in total. The first-order valence-corrected chi connectivity index (χ1v) is 7.02. The lowest BCUT2D eigenvalue weighted by atomic mass is 10.1. The van der Waals surface area contributed by atoms with Crippen LogP contribution in [-0.4, -0.2) is 20.9 Å². The summed E-state index contributed by atoms with van der Waals surface area (Å²) in [5, 5.41) is 4.31. The first kappa shape index (κ1) is 12.5. The monoisotopic (exact) mass is 266 g/mol. The van der Waals surface area contributed by atoms with E-state index in [4.69, 9.17) is 0 Å². The second-order valence-corrected chi connectivity index (χ2v) is 5.57. The Morgan fingerprint density at radius 1 is 1.41 bits per heavy atom. The Balaban J connectivity index is 2.02. The summed E-state index contributed by atoms with van der Waals surface area (Å²) in [7, 11) is 0. The van der Waals surface area contributed by atoms with Gasteiger partial charge in [0.1, 0.15) is 11.4 Å². The van der Waals surface area contributed by atoms with Crippen LogP contribution in [0.3, 0.4) is 0 Å². The lowest BCUT2D eigenvalue weighted by molar-refractivity contribution is 0.595. The molecule has 1 atom stereocenters. The minimum atomic E-state index is 0.341. The molecule has 0 aliphatic heterocycles. The van der Waals surface area contributed by atoms with Crippen LogP contribution in [0.15, 0.2) is 34.0 Å². The number of rotatable bonds is 5. The normalized spacial score (nSPS) is 12.6. The van der Waals surface area contributed by atoms with E-state index in [0.29, 0.717) is 6.04 Å². The van der Waals surface area contributed by atoms with Gasteiger partial charge in [-0.05, 0) is 48.4 Å². The fourth-order valence-electron chi connectivity index (χ4n) is 1.43. The van der Waals surface area contributed by atoms with Crippen LogP contribution in [-0.2, 0) is 0 Å². The van der Waals surface area contributed by atoms with Crippen LogP contribution < -0.4 is 5.32 Å². The number of hydrogen-bond acceptors (Lipinski definition) is 6. The van der Waals surface area contributed by atoms with Crippen LogP contribution in [0.2, 0.25) is 0 Å². The lowest BCUT2D eigenvalue weighted by Crippen LogP contribution is -2.17. The summed E-state index contributed by atoms with van der Waals surface area (Å²) in [6, 6.07) is 4.46. The van der Waals surface area contributed by atoms with Crippen LogP contribution in [0.4, 0.5) is 0 Å². The Bertz CT molecular complexity index is 441. The summed E-state index contributed by atoms with van der Waals surface area (Å²) in [5.41, 5.74) is 1.20. The number of nitrogens with one attached hydrogen (secondary N) is 1. The van der Waals surface area contributed by atoms with Crippen molar-refractivity contribution in [3.05, 3.63) is 30.2 Å². The van der Waals surface area contributed by atoms with E-state index in [1.54, 1.807) is 18.1 Å². The van der Waals surface area contributed by atoms with Gasteiger partial charge in [0, 0.05) is 12.2 Å². The summed E-state index contributed by atoms with van der Waals surface area (Å²) in [6.45, 7) is 5.20. The highest BCUT2D eigenvalue weighted by Gasteiger charge is 2.06. The molecule has 0 radical (unpaired) electrons. The number of hydrogen-bond donors (Lipinski definition) is 1. The van der Waals surface area contributed by atoms with Gasteiger partial charge < -0.3 is 5.32 Å². The zero-order valence-electron chi connectivity index (χ0n) is 9.75. The van der Waals surface area contributed by atoms with E-state index in [2.05, 4.69) is 39.6 Å². The van der Waals surface area contributed by atoms with Crippen LogP contribution >= 0.6 is 23.3 Å². The Kier molecular flexibility index (Phi) is 4.47. The lowest BCUT2D eigenvalue weighted by Gasteiger charge is -2.12. The zero-order chi connectivity index (χ0) is 12.1. The largest absolute Gasteiger partial charge is 0.310 e. The molecule has 0 bridgehead atoms. The summed E-state index contributed by atoms with van der Waals surface area (Å²) in [4.78, 5) is 8.54. The molecule has 6 heteroatoms. The predicted octanol–water partition coefficient (Wildman–Crippen LogP) is 2.75. The first-order chi connectivity index (χ1) is 8.29. The molecule has 1 N–H and O–H groups in total. The summed E-state index contributed by atoms with van der Waals surface area (Å²) in [6.07, 6.45) is 3.48. The maximum Gasteiger partial charge on any atom is 0.175 e. The molecule has 2 aromatic heterocycles. The quantitative estimate of drug-likeness (QED) is 0.902. The van der Waals surface area contributed by atoms with E-state index in [1.165, 1.54) is 17.1 Å². The molecule has 1 unspecified atom stereocenters. The third kappa shape index (κ3) is 3.49. The van der Waals surface area contributed by atoms with Crippen LogP contribution in [0.5, 0.6) is 0 Å². The first-order valence-electron chi connectivity index (χ1n) is 5.43. The molecule has 0 fully saturated rings. The molecule has 0 saturated heterocycles. The van der Waals surface area contributed by atoms with Crippen molar-refractivity contribution < 1.29 is 0 Å². The minimum Gasteiger partial charge on any atom is -0.310 e. The van der Waals surface area contributed by atoms with Gasteiger partial charge in [0.2, 0.25) is 0 Å². The Hall–Kier alpha value is -0.980. The van der Waals surface area contributed by atoms with Crippen molar-refractivity contribution in [2.45, 2.75) is 29.3 Å². The summed E-state index contributed by atoms with van der Waals surface area (Å²) >= 11 is 2.93. The molecule has 0 aliphatic rings. The van der Waals surface area contributed by atoms with E-state index in [9.17, 15) is 0 Å². The van der Waals surface area contributed by atoms with Gasteiger partial charge in [0.05, 0.1) is 0 Å². The molecule has 0 saturated carbocycles. The third-order valence-electron chi connectivity index (χ3n) is 2.30. The predicted molar refractivity (Wildman–Crippen MR) is 70.4 cm³/mol. The van der Waals surface area contributed by atoms with E-state index in [1.807, 2.05) is 12.3 Å². The molecule has 0 aliphatic carbocycles. The van der Waals surface area contributed by atoms with Gasteiger partial charge in [-0.3, -0.25) is 0 Å². The van der Waals surface area contributed by atoms with Crippen molar-refractivity contribution in [1.82, 2.24) is 19.7 Å². The van der Waals surface area contributed by atoms with Crippen LogP contribution in [0.1, 0.15) is 25.5 Å². The standard InChI is InChI=1S/C11H14N4S2/c1-3-12-8(2)9-4-5-10(13-6-9)16-11-14-7-15-17-11/h4-8,12H,3H2,1-2H3. The van der Waals surface area contributed by atoms with Crippen molar-refractivity contribution in [2.24, 2.45) is 0 Å². The third-order valence-corrected chi connectivity index (χ3v) is 3.97. The molecule has 2 heterocycles. The van der Waals surface area contributed by atoms with Gasteiger partial charge in [-0.1, -0.05) is 13.0 Å². The fourth-order valence-corrected chi connectivity index (χ4v) is 2.76. The van der Waals surface area contributed by atoms with Crippen molar-refractivity contribution in [2.75, 3.05) is 6.54 Å². The van der Waals surface area contributed by atoms with Crippen molar-refractivity contribution in [3.8, 4) is 0 Å². The Morgan fingerprint density at radius 2 is 2.29 bits per heavy atom. The highest BCUT2D eigenvalue weighted by molar-refractivity contribution is 8.00. The molecule has 0 amide bonds. The number of pyridine rings is 1. The van der Waals surface area contributed by atoms with Crippen molar-refractivity contribution in [3.63, 3.8) is 0 Å². The second kappa shape index (κ2) is 6.09. The van der Waals surface area contributed by atoms with Gasteiger partial charge in [0.15, 0.2) is 4.34 Å². The van der Waals surface area contributed by atoms with E-state index >= 15 is 0 Å². The highest BCUT2D eigenvalue weighted by Crippen LogP contribution is 2.26. The Labute approximate surface area is 109 Å². The molecule has 90 valence electrons. The number of nitrogens with zero attached hydrogens (tertiary/aromatic N) is 3. The molecule has 0 spiro atoms. The van der Waals surface area contributed by atoms with E-state index in [0.717, 1.165) is 15.9 Å². The number of aromatic nitrogens is 3. The van der Waals surface area contributed by atoms with E-state index in [-0.39, 0.29) is 0 Å². The molecule has 2 rings (SSSR count). The van der Waals surface area contributed by atoms with Crippen molar-refractivity contribution >= 4 is 23.3 Å². The Morgan fingerprint density at radius 3 is 2.88 bits per heavy atom. The van der Waals surface area contributed by atoms with E-state index < -0.39 is 0 Å². The van der Waals surface area contributed by atoms with Gasteiger partial charge in [-0.2, -0.15) is 4.37 Å². The van der Waals surface area contributed by atoms with Gasteiger partial charge in [-0.25, -0.2) is 9.97 Å². The minimum absolute atomic E-state index is 0.341. The van der Waals surface area contributed by atoms with Crippen molar-refractivity contribution in [1.29, 1.82) is 0 Å². The van der Waals surface area contributed by atoms with Crippen LogP contribution in [0.25, 0.3) is 0 Å². The molecule has 17 heavy (non-hydrogen) atoms. The summed E-state index contributed by atoms with van der Waals surface area (Å²) < 4.78 is 4.88. The fraction of sp³-hybridized carbons (Fsp3) is 0.364. The molecule has 2 aromatic rings. The summed E-state index contributed by atoms with van der Waals surface area (Å²) in [5.74, 6) is 0. The molecular formula is C11H14N4S2. The van der Waals surface area contributed by atoms with Gasteiger partial charge >= 0.3 is 0 Å². The van der Waals surface area contributed by atoms with Gasteiger partial charge in [0.25, 0.3) is 0 Å². The SMILES string of the molecule is CCNC(C)c1ccc(Sc2ncns2)nc1. The molecule has 0 aromatic carbocycles. The van der Waals surface area contributed by atoms with Crippen LogP contribution in [0, 0.1) is 0 Å². The molecular weight excluding hydrogens is 252 g/mol. The smallest absolute Gasteiger partial charge is 0.175 e. The second-order valence-electron chi connectivity index (χ2n) is 3.52. The maximum absolute atomic E-state index is 4.42. The maximum atomic E-state index is 4.42.